The first kappa shape index (κ1) is 15.6. The molecule has 2 aromatic carbocycles. The van der Waals surface area contributed by atoms with Crippen LogP contribution in [-0.2, 0) is 4.79 Å². The van der Waals surface area contributed by atoms with Crippen LogP contribution >= 0.6 is 11.8 Å². The Kier molecular flexibility index (Phi) is 5.45. The van der Waals surface area contributed by atoms with Crippen molar-refractivity contribution >= 4 is 23.4 Å². The Labute approximate surface area is 131 Å². The number of amides is 1. The summed E-state index contributed by atoms with van der Waals surface area (Å²) in [5.41, 5.74) is 2.13. The molecule has 0 bridgehead atoms. The molecule has 2 rings (SSSR count). The van der Waals surface area contributed by atoms with Gasteiger partial charge in [-0.2, -0.15) is 0 Å². The summed E-state index contributed by atoms with van der Waals surface area (Å²) in [6.45, 7) is 6.24. The van der Waals surface area contributed by atoms with Gasteiger partial charge in [0.05, 0.1) is 5.25 Å². The van der Waals surface area contributed by atoms with Crippen molar-refractivity contribution in [1.29, 1.82) is 0 Å². The molecule has 1 N–H and O–H groups in total. The first-order valence-corrected chi connectivity index (χ1v) is 8.07. The lowest BCUT2D eigenvalue weighted by Gasteiger charge is -2.13. The van der Waals surface area contributed by atoms with E-state index in [9.17, 15) is 4.79 Å². The van der Waals surface area contributed by atoms with Crippen molar-refractivity contribution in [3.05, 3.63) is 60.2 Å². The Balaban J connectivity index is 1.94. The Bertz CT molecular complexity index is 578. The van der Waals surface area contributed by atoms with Crippen molar-refractivity contribution in [3.8, 4) is 0 Å². The van der Waals surface area contributed by atoms with Crippen molar-refractivity contribution in [3.63, 3.8) is 0 Å². The van der Waals surface area contributed by atoms with Gasteiger partial charge in [0.1, 0.15) is 0 Å². The molecule has 0 aliphatic carbocycles. The maximum absolute atomic E-state index is 12.2. The number of hydrogen-bond acceptors (Lipinski definition) is 2. The number of anilines is 1. The molecular formula is C18H21NOS. The van der Waals surface area contributed by atoms with Gasteiger partial charge >= 0.3 is 0 Å². The quantitative estimate of drug-likeness (QED) is 0.793. The highest BCUT2D eigenvalue weighted by Gasteiger charge is 2.14. The Morgan fingerprint density at radius 1 is 0.952 bits per heavy atom. The summed E-state index contributed by atoms with van der Waals surface area (Å²) in [5.74, 6) is 0.531. The fourth-order valence-corrected chi connectivity index (χ4v) is 2.84. The first-order chi connectivity index (χ1) is 10.1. The second kappa shape index (κ2) is 7.32. The van der Waals surface area contributed by atoms with Gasteiger partial charge in [0.2, 0.25) is 5.91 Å². The largest absolute Gasteiger partial charge is 0.325 e. The van der Waals surface area contributed by atoms with Gasteiger partial charge in [-0.25, -0.2) is 0 Å². The maximum atomic E-state index is 12.2. The summed E-state index contributed by atoms with van der Waals surface area (Å²) in [6, 6.07) is 18.0. The number of benzene rings is 2. The molecule has 0 radical (unpaired) electrons. The van der Waals surface area contributed by atoms with Crippen molar-refractivity contribution < 1.29 is 4.79 Å². The highest BCUT2D eigenvalue weighted by atomic mass is 32.2. The molecule has 0 aliphatic heterocycles. The van der Waals surface area contributed by atoms with E-state index >= 15 is 0 Å². The van der Waals surface area contributed by atoms with Gasteiger partial charge in [0.25, 0.3) is 0 Å². The number of nitrogens with one attached hydrogen (secondary N) is 1. The summed E-state index contributed by atoms with van der Waals surface area (Å²) in [4.78, 5) is 13.3. The van der Waals surface area contributed by atoms with Crippen LogP contribution in [0, 0.1) is 0 Å². The molecule has 0 aromatic heterocycles. The molecular weight excluding hydrogens is 278 g/mol. The Hall–Kier alpha value is -1.74. The Morgan fingerprint density at radius 2 is 1.57 bits per heavy atom. The van der Waals surface area contributed by atoms with E-state index in [1.165, 1.54) is 5.56 Å². The van der Waals surface area contributed by atoms with Crippen molar-refractivity contribution in [1.82, 2.24) is 0 Å². The lowest BCUT2D eigenvalue weighted by atomic mass is 10.0. The molecule has 2 aromatic rings. The van der Waals surface area contributed by atoms with Crippen molar-refractivity contribution in [2.45, 2.75) is 36.8 Å². The maximum Gasteiger partial charge on any atom is 0.237 e. The van der Waals surface area contributed by atoms with Gasteiger partial charge in [0, 0.05) is 10.6 Å². The van der Waals surface area contributed by atoms with Gasteiger partial charge < -0.3 is 5.32 Å². The van der Waals surface area contributed by atoms with E-state index in [-0.39, 0.29) is 11.2 Å². The molecule has 1 atom stereocenters. The number of hydrogen-bond donors (Lipinski definition) is 1. The number of carbonyl (C=O) groups is 1. The third-order valence-electron chi connectivity index (χ3n) is 3.27. The minimum atomic E-state index is -0.128. The first-order valence-electron chi connectivity index (χ1n) is 7.19. The van der Waals surface area contributed by atoms with Gasteiger partial charge in [-0.1, -0.05) is 44.2 Å². The summed E-state index contributed by atoms with van der Waals surface area (Å²) in [5, 5.41) is 2.84. The van der Waals surface area contributed by atoms with Crippen molar-refractivity contribution in [2.24, 2.45) is 0 Å². The van der Waals surface area contributed by atoms with E-state index in [0.717, 1.165) is 10.6 Å². The van der Waals surface area contributed by atoms with Crippen molar-refractivity contribution in [2.75, 3.05) is 5.32 Å². The standard InChI is InChI=1S/C18H21NOS/c1-13(2)15-9-11-16(12-10-15)19-18(20)14(3)21-17-7-5-4-6-8-17/h4-14H,1-3H3,(H,19,20)/t14-/m0/s1. The van der Waals surface area contributed by atoms with Gasteiger partial charge in [-0.05, 0) is 42.7 Å². The number of thioether (sulfide) groups is 1. The molecule has 0 heterocycles. The minimum Gasteiger partial charge on any atom is -0.325 e. The second-order valence-electron chi connectivity index (χ2n) is 5.34. The molecule has 0 spiro atoms. The SMILES string of the molecule is CC(C)c1ccc(NC(=O)[C@H](C)Sc2ccccc2)cc1. The smallest absolute Gasteiger partial charge is 0.237 e. The number of carbonyl (C=O) groups excluding carboxylic acids is 1. The zero-order chi connectivity index (χ0) is 15.2. The van der Waals surface area contributed by atoms with E-state index < -0.39 is 0 Å². The van der Waals surface area contributed by atoms with Crippen LogP contribution in [0.1, 0.15) is 32.3 Å². The zero-order valence-corrected chi connectivity index (χ0v) is 13.5. The summed E-state index contributed by atoms with van der Waals surface area (Å²) >= 11 is 1.57. The molecule has 0 saturated heterocycles. The summed E-state index contributed by atoms with van der Waals surface area (Å²) in [7, 11) is 0. The molecule has 2 nitrogen and oxygen atoms in total. The third-order valence-corrected chi connectivity index (χ3v) is 4.38. The van der Waals surface area contributed by atoms with E-state index in [1.807, 2.05) is 49.4 Å². The van der Waals surface area contributed by atoms with Crippen LogP contribution in [0.15, 0.2) is 59.5 Å². The molecule has 0 fully saturated rings. The molecule has 0 unspecified atom stereocenters. The van der Waals surface area contributed by atoms with Crippen LogP contribution in [0.3, 0.4) is 0 Å². The van der Waals surface area contributed by atoms with Crippen LogP contribution < -0.4 is 5.32 Å². The normalized spacial score (nSPS) is 12.2. The van der Waals surface area contributed by atoms with Gasteiger partial charge in [-0.15, -0.1) is 11.8 Å². The van der Waals surface area contributed by atoms with E-state index in [2.05, 4.69) is 31.3 Å². The monoisotopic (exact) mass is 299 g/mol. The highest BCUT2D eigenvalue weighted by Crippen LogP contribution is 2.24. The van der Waals surface area contributed by atoms with Crippen LogP contribution in [-0.4, -0.2) is 11.2 Å². The Morgan fingerprint density at radius 3 is 2.14 bits per heavy atom. The predicted molar refractivity (Wildman–Crippen MR) is 90.9 cm³/mol. The van der Waals surface area contributed by atoms with Crippen LogP contribution in [0.4, 0.5) is 5.69 Å². The summed E-state index contributed by atoms with van der Waals surface area (Å²) in [6.07, 6.45) is 0. The highest BCUT2D eigenvalue weighted by molar-refractivity contribution is 8.00. The average Bonchev–Trinajstić information content (AvgIpc) is 2.48. The second-order valence-corrected chi connectivity index (χ2v) is 6.75. The average molecular weight is 299 g/mol. The molecule has 0 saturated carbocycles. The fraction of sp³-hybridized carbons (Fsp3) is 0.278. The van der Waals surface area contributed by atoms with Gasteiger partial charge in [-0.3, -0.25) is 4.79 Å². The van der Waals surface area contributed by atoms with E-state index in [4.69, 9.17) is 0 Å². The van der Waals surface area contributed by atoms with Gasteiger partial charge in [0.15, 0.2) is 0 Å². The van der Waals surface area contributed by atoms with Crippen LogP contribution in [0.2, 0.25) is 0 Å². The van der Waals surface area contributed by atoms with Crippen LogP contribution in [0.25, 0.3) is 0 Å². The predicted octanol–water partition coefficient (Wildman–Crippen LogP) is 4.93. The van der Waals surface area contributed by atoms with Crippen LogP contribution in [0.5, 0.6) is 0 Å². The van der Waals surface area contributed by atoms with E-state index in [0.29, 0.717) is 5.92 Å². The minimum absolute atomic E-state index is 0.0288. The lowest BCUT2D eigenvalue weighted by molar-refractivity contribution is -0.115. The topological polar surface area (TPSA) is 29.1 Å². The molecule has 3 heteroatoms. The third kappa shape index (κ3) is 4.64. The van der Waals surface area contributed by atoms with E-state index in [1.54, 1.807) is 11.8 Å². The molecule has 21 heavy (non-hydrogen) atoms. The molecule has 1 amide bonds. The molecule has 110 valence electrons. The molecule has 0 aliphatic rings. The zero-order valence-electron chi connectivity index (χ0n) is 12.7. The summed E-state index contributed by atoms with van der Waals surface area (Å²) < 4.78 is 0. The fourth-order valence-electron chi connectivity index (χ4n) is 1.95. The number of rotatable bonds is 5. The lowest BCUT2D eigenvalue weighted by Crippen LogP contribution is -2.22.